The Morgan fingerprint density at radius 1 is 0.929 bits per heavy atom. The van der Waals surface area contributed by atoms with Crippen molar-refractivity contribution in [2.45, 2.75) is 13.3 Å². The number of aromatic hydroxyl groups is 1. The Hall–Kier alpha value is -3.47. The zero-order chi connectivity index (χ0) is 19.9. The number of hydrogen-bond acceptors (Lipinski definition) is 4. The van der Waals surface area contributed by atoms with Crippen LogP contribution < -0.4 is 4.90 Å². The third-order valence-electron chi connectivity index (χ3n) is 4.59. The second-order valence-corrected chi connectivity index (χ2v) is 6.72. The maximum Gasteiger partial charge on any atom is 0.236 e. The Morgan fingerprint density at radius 2 is 1.54 bits per heavy atom. The zero-order valence-corrected chi connectivity index (χ0v) is 15.7. The molecule has 28 heavy (non-hydrogen) atoms. The van der Waals surface area contributed by atoms with Gasteiger partial charge in [-0.2, -0.15) is 4.91 Å². The number of anilines is 2. The molecule has 3 aromatic rings. The highest BCUT2D eigenvalue weighted by Crippen LogP contribution is 2.29. The van der Waals surface area contributed by atoms with Crippen LogP contribution in [0.3, 0.4) is 0 Å². The summed E-state index contributed by atoms with van der Waals surface area (Å²) in [6, 6.07) is 23.6. The molecule has 5 nitrogen and oxygen atoms in total. The molecule has 3 aromatic carbocycles. The molecule has 0 aliphatic carbocycles. The smallest absolute Gasteiger partial charge is 0.236 e. The molecule has 1 unspecified atom stereocenters. The van der Waals surface area contributed by atoms with Crippen LogP contribution in [-0.4, -0.2) is 17.6 Å². The van der Waals surface area contributed by atoms with E-state index in [9.17, 15) is 14.8 Å². The second kappa shape index (κ2) is 8.95. The third kappa shape index (κ3) is 4.62. The van der Waals surface area contributed by atoms with Crippen molar-refractivity contribution in [1.29, 1.82) is 0 Å². The molecule has 3 rings (SSSR count). The van der Waals surface area contributed by atoms with Gasteiger partial charge >= 0.3 is 0 Å². The Balaban J connectivity index is 1.96. The fourth-order valence-electron chi connectivity index (χ4n) is 3.09. The number of para-hydroxylation sites is 1. The number of carbonyl (C=O) groups is 1. The van der Waals surface area contributed by atoms with Crippen LogP contribution in [0.5, 0.6) is 5.75 Å². The number of carbonyl (C=O) groups excluding carboxylic acids is 1. The van der Waals surface area contributed by atoms with Crippen molar-refractivity contribution >= 4 is 17.3 Å². The Kier molecular flexibility index (Phi) is 6.17. The van der Waals surface area contributed by atoms with E-state index < -0.39 is 5.92 Å². The Bertz CT molecular complexity index is 922. The largest absolute Gasteiger partial charge is 0.508 e. The van der Waals surface area contributed by atoms with Crippen LogP contribution in [0.25, 0.3) is 0 Å². The van der Waals surface area contributed by atoms with Crippen LogP contribution in [0, 0.1) is 17.7 Å². The lowest BCUT2D eigenvalue weighted by molar-refractivity contribution is -0.121. The molecule has 142 valence electrons. The minimum atomic E-state index is -0.589. The molecule has 1 amide bonds. The van der Waals surface area contributed by atoms with Gasteiger partial charge in [0.25, 0.3) is 0 Å². The van der Waals surface area contributed by atoms with Crippen molar-refractivity contribution in [3.63, 3.8) is 0 Å². The number of phenols is 1. The van der Waals surface area contributed by atoms with Gasteiger partial charge in [0.05, 0.1) is 12.5 Å². The van der Waals surface area contributed by atoms with E-state index in [0.717, 1.165) is 11.1 Å². The van der Waals surface area contributed by atoms with Gasteiger partial charge in [0, 0.05) is 11.4 Å². The summed E-state index contributed by atoms with van der Waals surface area (Å²) in [4.78, 5) is 26.1. The molecule has 0 radical (unpaired) electrons. The van der Waals surface area contributed by atoms with Crippen LogP contribution in [0.2, 0.25) is 0 Å². The zero-order valence-electron chi connectivity index (χ0n) is 15.7. The normalized spacial score (nSPS) is 11.6. The van der Waals surface area contributed by atoms with Gasteiger partial charge in [-0.05, 0) is 55.3 Å². The highest BCUT2D eigenvalue weighted by atomic mass is 16.3. The Morgan fingerprint density at radius 3 is 2.14 bits per heavy atom. The predicted molar refractivity (Wildman–Crippen MR) is 111 cm³/mol. The summed E-state index contributed by atoms with van der Waals surface area (Å²) < 4.78 is 0. The number of aryl methyl sites for hydroxylation is 1. The number of nitrogens with zero attached hydrogens (tertiary/aromatic N) is 2. The van der Waals surface area contributed by atoms with E-state index in [1.165, 1.54) is 12.1 Å². The minimum absolute atomic E-state index is 0.103. The van der Waals surface area contributed by atoms with Gasteiger partial charge in [-0.3, -0.25) is 9.69 Å². The summed E-state index contributed by atoms with van der Waals surface area (Å²) in [5, 5.41) is 12.6. The average molecular weight is 374 g/mol. The van der Waals surface area contributed by atoms with E-state index in [1.807, 2.05) is 61.5 Å². The van der Waals surface area contributed by atoms with E-state index in [2.05, 4.69) is 5.18 Å². The summed E-state index contributed by atoms with van der Waals surface area (Å²) in [7, 11) is 0. The highest BCUT2D eigenvalue weighted by Gasteiger charge is 2.27. The third-order valence-corrected chi connectivity index (χ3v) is 4.59. The van der Waals surface area contributed by atoms with Crippen LogP contribution in [0.1, 0.15) is 11.1 Å². The first kappa shape index (κ1) is 19.3. The molecule has 0 bridgehead atoms. The van der Waals surface area contributed by atoms with Crippen molar-refractivity contribution in [3.8, 4) is 5.75 Å². The maximum absolute atomic E-state index is 13.5. The number of phenolic OH excluding ortho intramolecular Hbond substituents is 1. The molecule has 0 aliphatic heterocycles. The molecule has 5 heteroatoms. The molecule has 0 aromatic heterocycles. The molecular formula is C23H22N2O3. The van der Waals surface area contributed by atoms with Gasteiger partial charge in [0.1, 0.15) is 5.75 Å². The monoisotopic (exact) mass is 374 g/mol. The molecule has 1 N–H and O–H groups in total. The molecule has 0 fully saturated rings. The van der Waals surface area contributed by atoms with Crippen LogP contribution in [0.15, 0.2) is 84.0 Å². The molecule has 0 spiro atoms. The summed E-state index contributed by atoms with van der Waals surface area (Å²) >= 11 is 0. The first-order chi connectivity index (χ1) is 13.6. The van der Waals surface area contributed by atoms with Crippen molar-refractivity contribution < 1.29 is 9.90 Å². The van der Waals surface area contributed by atoms with Gasteiger partial charge in [-0.15, -0.1) is 0 Å². The summed E-state index contributed by atoms with van der Waals surface area (Å²) in [5.41, 5.74) is 3.42. The number of hydrogen-bond donors (Lipinski definition) is 1. The minimum Gasteiger partial charge on any atom is -0.508 e. The number of amides is 1. The van der Waals surface area contributed by atoms with Crippen molar-refractivity contribution in [2.75, 3.05) is 11.4 Å². The van der Waals surface area contributed by atoms with Crippen LogP contribution >= 0.6 is 0 Å². The number of benzene rings is 3. The lowest BCUT2D eigenvalue weighted by Crippen LogP contribution is -2.35. The van der Waals surface area contributed by atoms with E-state index in [0.29, 0.717) is 17.8 Å². The van der Waals surface area contributed by atoms with E-state index in [4.69, 9.17) is 0 Å². The first-order valence-electron chi connectivity index (χ1n) is 9.11. The summed E-state index contributed by atoms with van der Waals surface area (Å²) in [6.07, 6.45) is 0.423. The quantitative estimate of drug-likeness (QED) is 0.592. The predicted octanol–water partition coefficient (Wildman–Crippen LogP) is 4.99. The highest BCUT2D eigenvalue weighted by molar-refractivity contribution is 6.02. The lowest BCUT2D eigenvalue weighted by Gasteiger charge is -2.27. The molecular weight excluding hydrogens is 352 g/mol. The van der Waals surface area contributed by atoms with Gasteiger partial charge in [-0.25, -0.2) is 0 Å². The lowest BCUT2D eigenvalue weighted by atomic mass is 9.96. The maximum atomic E-state index is 13.5. The molecule has 0 heterocycles. The van der Waals surface area contributed by atoms with Crippen molar-refractivity contribution in [2.24, 2.45) is 11.1 Å². The summed E-state index contributed by atoms with van der Waals surface area (Å²) in [5.74, 6) is -0.679. The summed E-state index contributed by atoms with van der Waals surface area (Å²) in [6.45, 7) is 1.90. The molecule has 0 aliphatic rings. The van der Waals surface area contributed by atoms with E-state index >= 15 is 0 Å². The first-order valence-corrected chi connectivity index (χ1v) is 9.11. The fourth-order valence-corrected chi connectivity index (χ4v) is 3.09. The van der Waals surface area contributed by atoms with Crippen LogP contribution in [-0.2, 0) is 11.2 Å². The number of rotatable bonds is 7. The SMILES string of the molecule is Cc1ccc(CC(CN=O)C(=O)N(c2ccccc2)c2ccc(O)cc2)cc1. The molecule has 0 saturated carbocycles. The molecule has 1 atom stereocenters. The van der Waals surface area contributed by atoms with E-state index in [1.54, 1.807) is 17.0 Å². The number of nitroso groups, excluding NO2 is 1. The fraction of sp³-hybridized carbons (Fsp3) is 0.174. The standard InChI is InChI=1S/C23H22N2O3/c1-17-7-9-18(10-8-17)15-19(16-24-28)23(27)25(20-5-3-2-4-6-20)21-11-13-22(26)14-12-21/h2-14,19,26H,15-16H2,1H3. The van der Waals surface area contributed by atoms with Gasteiger partial charge < -0.3 is 5.11 Å². The van der Waals surface area contributed by atoms with Gasteiger partial charge in [-0.1, -0.05) is 53.2 Å². The molecule has 0 saturated heterocycles. The Labute approximate surface area is 164 Å². The second-order valence-electron chi connectivity index (χ2n) is 6.72. The van der Waals surface area contributed by atoms with Crippen LogP contribution in [0.4, 0.5) is 11.4 Å². The van der Waals surface area contributed by atoms with Crippen molar-refractivity contribution in [3.05, 3.63) is 94.9 Å². The topological polar surface area (TPSA) is 70.0 Å². The average Bonchev–Trinajstić information content (AvgIpc) is 2.71. The van der Waals surface area contributed by atoms with E-state index in [-0.39, 0.29) is 18.2 Å². The van der Waals surface area contributed by atoms with Crippen molar-refractivity contribution in [1.82, 2.24) is 0 Å². The van der Waals surface area contributed by atoms with Gasteiger partial charge in [0.2, 0.25) is 5.91 Å². The van der Waals surface area contributed by atoms with Gasteiger partial charge in [0.15, 0.2) is 0 Å².